The largest absolute Gasteiger partial charge is 0.466 e. The van der Waals surface area contributed by atoms with Gasteiger partial charge in [-0.2, -0.15) is 0 Å². The zero-order valence-corrected chi connectivity index (χ0v) is 14.8. The van der Waals surface area contributed by atoms with Crippen LogP contribution in [0, 0.1) is 0 Å². The van der Waals surface area contributed by atoms with Crippen molar-refractivity contribution in [1.29, 1.82) is 0 Å². The molecule has 0 radical (unpaired) electrons. The van der Waals surface area contributed by atoms with Gasteiger partial charge in [-0.1, -0.05) is 56.9 Å². The molecule has 0 aliphatic heterocycles. The van der Waals surface area contributed by atoms with E-state index in [9.17, 15) is 4.79 Å². The smallest absolute Gasteiger partial charge is 0.302 e. The molecule has 2 nitrogen and oxygen atoms in total. The van der Waals surface area contributed by atoms with Crippen molar-refractivity contribution in [3.63, 3.8) is 0 Å². The molecule has 0 saturated carbocycles. The summed E-state index contributed by atoms with van der Waals surface area (Å²) in [4.78, 5) is 10.6. The van der Waals surface area contributed by atoms with Crippen LogP contribution in [0.25, 0.3) is 0 Å². The fourth-order valence-electron chi connectivity index (χ4n) is 2.28. The molecule has 0 amide bonds. The predicted octanol–water partition coefficient (Wildman–Crippen LogP) is 6.36. The quantitative estimate of drug-likeness (QED) is 0.200. The van der Waals surface area contributed by atoms with Crippen molar-refractivity contribution in [2.45, 2.75) is 90.9 Å². The Balaban J connectivity index is 3.17. The average molecular weight is 309 g/mol. The van der Waals surface area contributed by atoms with Crippen LogP contribution in [0.3, 0.4) is 0 Å². The van der Waals surface area contributed by atoms with E-state index in [1.807, 2.05) is 0 Å². The second-order valence-corrected chi connectivity index (χ2v) is 5.91. The van der Waals surface area contributed by atoms with Crippen LogP contribution in [0.15, 0.2) is 24.3 Å². The number of hydrogen-bond acceptors (Lipinski definition) is 2. The van der Waals surface area contributed by atoms with Crippen LogP contribution in [0.4, 0.5) is 0 Å². The minimum Gasteiger partial charge on any atom is -0.466 e. The van der Waals surface area contributed by atoms with Gasteiger partial charge in [0.1, 0.15) is 0 Å². The van der Waals surface area contributed by atoms with Gasteiger partial charge in [0.15, 0.2) is 0 Å². The molecule has 0 bridgehead atoms. The van der Waals surface area contributed by atoms with Gasteiger partial charge in [-0.05, 0) is 51.4 Å². The summed E-state index contributed by atoms with van der Waals surface area (Å²) in [5.41, 5.74) is 0. The lowest BCUT2D eigenvalue weighted by Gasteiger charge is -1.98. The summed E-state index contributed by atoms with van der Waals surface area (Å²) < 4.78 is 4.88. The molecule has 0 atom stereocenters. The van der Waals surface area contributed by atoms with E-state index in [2.05, 4.69) is 31.2 Å². The Morgan fingerprint density at radius 1 is 0.727 bits per heavy atom. The minimum absolute atomic E-state index is 0.182. The van der Waals surface area contributed by atoms with E-state index < -0.39 is 0 Å². The summed E-state index contributed by atoms with van der Waals surface area (Å²) in [5.74, 6) is -0.182. The highest BCUT2D eigenvalue weighted by Crippen LogP contribution is 2.07. The van der Waals surface area contributed by atoms with Gasteiger partial charge in [-0.3, -0.25) is 4.79 Å². The van der Waals surface area contributed by atoms with Gasteiger partial charge in [0, 0.05) is 6.92 Å². The van der Waals surface area contributed by atoms with Gasteiger partial charge in [0.25, 0.3) is 0 Å². The fraction of sp³-hybridized carbons (Fsp3) is 0.750. The maximum absolute atomic E-state index is 10.6. The van der Waals surface area contributed by atoms with Crippen molar-refractivity contribution in [3.05, 3.63) is 24.3 Å². The standard InChI is InChI=1S/C20H36O2/c1-3-4-5-6-7-8-9-10-11-12-13-14-15-16-17-18-19-22-20(2)21/h9-10,15-16H,3-8,11-14,17-19H2,1-2H3/b10-9+,16-15+. The lowest BCUT2D eigenvalue weighted by molar-refractivity contribution is -0.141. The molecule has 0 aromatic heterocycles. The van der Waals surface area contributed by atoms with Crippen LogP contribution in [0.2, 0.25) is 0 Å². The molecule has 0 aliphatic rings. The molecule has 2 heteroatoms. The Morgan fingerprint density at radius 3 is 1.68 bits per heavy atom. The Morgan fingerprint density at radius 2 is 1.18 bits per heavy atom. The highest BCUT2D eigenvalue weighted by atomic mass is 16.5. The van der Waals surface area contributed by atoms with E-state index in [1.54, 1.807) is 0 Å². The molecular formula is C20H36O2. The topological polar surface area (TPSA) is 26.3 Å². The lowest BCUT2D eigenvalue weighted by Crippen LogP contribution is -1.99. The first-order chi connectivity index (χ1) is 10.8. The van der Waals surface area contributed by atoms with Crippen molar-refractivity contribution in [2.24, 2.45) is 0 Å². The predicted molar refractivity (Wildman–Crippen MR) is 96.0 cm³/mol. The van der Waals surface area contributed by atoms with Crippen molar-refractivity contribution >= 4 is 5.97 Å². The van der Waals surface area contributed by atoms with Gasteiger partial charge >= 0.3 is 5.97 Å². The van der Waals surface area contributed by atoms with E-state index in [1.165, 1.54) is 71.1 Å². The summed E-state index contributed by atoms with van der Waals surface area (Å²) >= 11 is 0. The maximum Gasteiger partial charge on any atom is 0.302 e. The van der Waals surface area contributed by atoms with Crippen molar-refractivity contribution in [2.75, 3.05) is 6.61 Å². The molecule has 0 aromatic rings. The van der Waals surface area contributed by atoms with E-state index in [-0.39, 0.29) is 5.97 Å². The van der Waals surface area contributed by atoms with Gasteiger partial charge in [-0.25, -0.2) is 0 Å². The molecule has 128 valence electrons. The van der Waals surface area contributed by atoms with Gasteiger partial charge in [0.05, 0.1) is 6.61 Å². The zero-order valence-electron chi connectivity index (χ0n) is 14.8. The molecule has 0 aliphatic carbocycles. The van der Waals surface area contributed by atoms with E-state index in [0.717, 1.165) is 12.8 Å². The van der Waals surface area contributed by atoms with Crippen molar-refractivity contribution in [1.82, 2.24) is 0 Å². The SMILES string of the molecule is CCCCCCC/C=C/CCCC/C=C/CCCOC(C)=O. The molecule has 0 saturated heterocycles. The molecule has 0 aromatic carbocycles. The molecule has 0 heterocycles. The van der Waals surface area contributed by atoms with E-state index >= 15 is 0 Å². The monoisotopic (exact) mass is 308 g/mol. The van der Waals surface area contributed by atoms with Gasteiger partial charge in [0.2, 0.25) is 0 Å². The Labute approximate surface area is 138 Å². The zero-order chi connectivity index (χ0) is 16.3. The second kappa shape index (κ2) is 18.0. The third-order valence-corrected chi connectivity index (χ3v) is 3.62. The number of unbranched alkanes of at least 4 members (excludes halogenated alkanes) is 9. The lowest BCUT2D eigenvalue weighted by atomic mass is 10.1. The van der Waals surface area contributed by atoms with Crippen LogP contribution in [0.1, 0.15) is 90.9 Å². The number of ether oxygens (including phenoxy) is 1. The summed E-state index contributed by atoms with van der Waals surface area (Å²) in [6, 6.07) is 0. The molecular weight excluding hydrogens is 272 g/mol. The van der Waals surface area contributed by atoms with Crippen LogP contribution in [0.5, 0.6) is 0 Å². The van der Waals surface area contributed by atoms with Crippen LogP contribution >= 0.6 is 0 Å². The highest BCUT2D eigenvalue weighted by Gasteiger charge is 1.90. The number of esters is 1. The normalized spacial score (nSPS) is 11.5. The molecule has 0 unspecified atom stereocenters. The summed E-state index contributed by atoms with van der Waals surface area (Å²) in [7, 11) is 0. The summed E-state index contributed by atoms with van der Waals surface area (Å²) in [5, 5.41) is 0. The third-order valence-electron chi connectivity index (χ3n) is 3.62. The summed E-state index contributed by atoms with van der Waals surface area (Å²) in [6.45, 7) is 4.26. The molecule has 0 N–H and O–H groups in total. The number of carbonyl (C=O) groups excluding carboxylic acids is 1. The van der Waals surface area contributed by atoms with Crippen LogP contribution in [-0.4, -0.2) is 12.6 Å². The van der Waals surface area contributed by atoms with E-state index in [0.29, 0.717) is 6.61 Å². The summed E-state index contributed by atoms with van der Waals surface area (Å²) in [6.07, 6.45) is 24.1. The molecule has 0 fully saturated rings. The van der Waals surface area contributed by atoms with Crippen LogP contribution < -0.4 is 0 Å². The number of rotatable bonds is 15. The van der Waals surface area contributed by atoms with Crippen molar-refractivity contribution in [3.8, 4) is 0 Å². The highest BCUT2D eigenvalue weighted by molar-refractivity contribution is 5.65. The Hall–Kier alpha value is -1.05. The van der Waals surface area contributed by atoms with Crippen LogP contribution in [-0.2, 0) is 9.53 Å². The first-order valence-electron chi connectivity index (χ1n) is 9.20. The molecule has 0 spiro atoms. The average Bonchev–Trinajstić information content (AvgIpc) is 2.50. The fourth-order valence-corrected chi connectivity index (χ4v) is 2.28. The Bertz CT molecular complexity index is 292. The first-order valence-corrected chi connectivity index (χ1v) is 9.20. The molecule has 0 rings (SSSR count). The number of carbonyl (C=O) groups is 1. The number of allylic oxidation sites excluding steroid dienone is 4. The third kappa shape index (κ3) is 18.9. The molecule has 22 heavy (non-hydrogen) atoms. The Kier molecular flexibility index (Phi) is 17.1. The first kappa shape index (κ1) is 20.9. The number of hydrogen-bond donors (Lipinski definition) is 0. The minimum atomic E-state index is -0.182. The maximum atomic E-state index is 10.6. The van der Waals surface area contributed by atoms with Crippen molar-refractivity contribution < 1.29 is 9.53 Å². The van der Waals surface area contributed by atoms with Gasteiger partial charge < -0.3 is 4.74 Å². The van der Waals surface area contributed by atoms with E-state index in [4.69, 9.17) is 4.74 Å². The second-order valence-electron chi connectivity index (χ2n) is 5.91. The van der Waals surface area contributed by atoms with Gasteiger partial charge in [-0.15, -0.1) is 0 Å².